The molecule has 0 radical (unpaired) electrons. The lowest BCUT2D eigenvalue weighted by atomic mass is 9.87. The van der Waals surface area contributed by atoms with Crippen molar-refractivity contribution < 1.29 is 0 Å². The van der Waals surface area contributed by atoms with E-state index in [4.69, 9.17) is 0 Å². The van der Waals surface area contributed by atoms with E-state index in [0.717, 1.165) is 0 Å². The summed E-state index contributed by atoms with van der Waals surface area (Å²) in [7, 11) is 0. The van der Waals surface area contributed by atoms with Gasteiger partial charge in [0, 0.05) is 9.79 Å². The van der Waals surface area contributed by atoms with Crippen LogP contribution in [-0.4, -0.2) is 0 Å². The SMILES string of the molecule is CC(C)(C)c1ccc(Sc2ccccc2-c2ccccc2)cc1. The zero-order valence-corrected chi connectivity index (χ0v) is 14.7. The molecule has 0 aliphatic carbocycles. The molecule has 0 amide bonds. The van der Waals surface area contributed by atoms with Gasteiger partial charge < -0.3 is 0 Å². The van der Waals surface area contributed by atoms with Crippen LogP contribution in [0.2, 0.25) is 0 Å². The van der Waals surface area contributed by atoms with Crippen LogP contribution in [-0.2, 0) is 5.41 Å². The molecule has 0 saturated heterocycles. The number of benzene rings is 3. The van der Waals surface area contributed by atoms with E-state index in [-0.39, 0.29) is 5.41 Å². The molecular formula is C22H22S. The highest BCUT2D eigenvalue weighted by Crippen LogP contribution is 2.36. The normalized spacial score (nSPS) is 11.4. The molecule has 116 valence electrons. The molecule has 0 atom stereocenters. The summed E-state index contributed by atoms with van der Waals surface area (Å²) in [4.78, 5) is 2.57. The van der Waals surface area contributed by atoms with Gasteiger partial charge in [0.1, 0.15) is 0 Å². The van der Waals surface area contributed by atoms with Gasteiger partial charge in [0.05, 0.1) is 0 Å². The summed E-state index contributed by atoms with van der Waals surface area (Å²) < 4.78 is 0. The molecule has 0 heterocycles. The van der Waals surface area contributed by atoms with Gasteiger partial charge in [0.15, 0.2) is 0 Å². The van der Waals surface area contributed by atoms with Crippen LogP contribution in [0.15, 0.2) is 88.7 Å². The molecule has 0 aliphatic heterocycles. The summed E-state index contributed by atoms with van der Waals surface area (Å²) in [5.74, 6) is 0. The van der Waals surface area contributed by atoms with Crippen LogP contribution in [0.5, 0.6) is 0 Å². The minimum absolute atomic E-state index is 0.200. The van der Waals surface area contributed by atoms with E-state index in [1.165, 1.54) is 26.5 Å². The number of rotatable bonds is 3. The zero-order chi connectivity index (χ0) is 16.3. The smallest absolute Gasteiger partial charge is 0.0200 e. The van der Waals surface area contributed by atoms with Crippen molar-refractivity contribution in [1.82, 2.24) is 0 Å². The van der Waals surface area contributed by atoms with Gasteiger partial charge in [-0.3, -0.25) is 0 Å². The van der Waals surface area contributed by atoms with Crippen molar-refractivity contribution in [2.24, 2.45) is 0 Å². The van der Waals surface area contributed by atoms with Crippen molar-refractivity contribution in [2.45, 2.75) is 36.0 Å². The lowest BCUT2D eigenvalue weighted by Crippen LogP contribution is -2.10. The van der Waals surface area contributed by atoms with Crippen LogP contribution in [0, 0.1) is 0 Å². The molecule has 0 saturated carbocycles. The van der Waals surface area contributed by atoms with Gasteiger partial charge >= 0.3 is 0 Å². The van der Waals surface area contributed by atoms with E-state index >= 15 is 0 Å². The van der Waals surface area contributed by atoms with Crippen molar-refractivity contribution >= 4 is 11.8 Å². The van der Waals surface area contributed by atoms with E-state index in [9.17, 15) is 0 Å². The quantitative estimate of drug-likeness (QED) is 0.511. The van der Waals surface area contributed by atoms with Gasteiger partial charge in [-0.25, -0.2) is 0 Å². The Balaban J connectivity index is 1.89. The first-order chi connectivity index (χ1) is 11.0. The molecule has 0 fully saturated rings. The maximum atomic E-state index is 2.25. The van der Waals surface area contributed by atoms with Crippen LogP contribution >= 0.6 is 11.8 Å². The first-order valence-corrected chi connectivity index (χ1v) is 8.78. The summed E-state index contributed by atoms with van der Waals surface area (Å²) in [6.45, 7) is 6.75. The molecule has 0 aliphatic rings. The van der Waals surface area contributed by atoms with Crippen molar-refractivity contribution in [3.05, 3.63) is 84.4 Å². The Morgan fingerprint density at radius 3 is 1.91 bits per heavy atom. The van der Waals surface area contributed by atoms with Crippen molar-refractivity contribution in [1.29, 1.82) is 0 Å². The molecule has 0 bridgehead atoms. The van der Waals surface area contributed by atoms with Gasteiger partial charge in [-0.15, -0.1) is 0 Å². The Kier molecular flexibility index (Phi) is 4.58. The highest BCUT2D eigenvalue weighted by molar-refractivity contribution is 7.99. The number of hydrogen-bond donors (Lipinski definition) is 0. The third-order valence-electron chi connectivity index (χ3n) is 3.92. The minimum atomic E-state index is 0.200. The average molecular weight is 318 g/mol. The summed E-state index contributed by atoms with van der Waals surface area (Å²) in [5, 5.41) is 0. The van der Waals surface area contributed by atoms with E-state index in [1.54, 1.807) is 0 Å². The maximum Gasteiger partial charge on any atom is 0.0200 e. The van der Waals surface area contributed by atoms with E-state index in [1.807, 2.05) is 11.8 Å². The summed E-state index contributed by atoms with van der Waals surface area (Å²) >= 11 is 1.83. The van der Waals surface area contributed by atoms with E-state index < -0.39 is 0 Å². The Hall–Kier alpha value is -1.99. The molecule has 0 spiro atoms. The highest BCUT2D eigenvalue weighted by atomic mass is 32.2. The van der Waals surface area contributed by atoms with Crippen molar-refractivity contribution in [3.63, 3.8) is 0 Å². The summed E-state index contributed by atoms with van der Waals surface area (Å²) in [5.41, 5.74) is 4.13. The van der Waals surface area contributed by atoms with Gasteiger partial charge in [0.2, 0.25) is 0 Å². The molecule has 23 heavy (non-hydrogen) atoms. The Morgan fingerprint density at radius 2 is 1.26 bits per heavy atom. The fourth-order valence-corrected chi connectivity index (χ4v) is 3.53. The average Bonchev–Trinajstić information content (AvgIpc) is 2.56. The third kappa shape index (κ3) is 3.86. The molecule has 0 unspecified atom stereocenters. The summed E-state index contributed by atoms with van der Waals surface area (Å²) in [6, 6.07) is 28.1. The first-order valence-electron chi connectivity index (χ1n) is 7.97. The molecule has 0 nitrogen and oxygen atoms in total. The second kappa shape index (κ2) is 6.64. The summed E-state index contributed by atoms with van der Waals surface area (Å²) in [6.07, 6.45) is 0. The van der Waals surface area contributed by atoms with Crippen LogP contribution in [0.25, 0.3) is 11.1 Å². The zero-order valence-electron chi connectivity index (χ0n) is 13.9. The van der Waals surface area contributed by atoms with Gasteiger partial charge in [0.25, 0.3) is 0 Å². The van der Waals surface area contributed by atoms with Crippen LogP contribution in [0.4, 0.5) is 0 Å². The second-order valence-corrected chi connectivity index (χ2v) is 7.85. The van der Waals surface area contributed by atoms with E-state index in [0.29, 0.717) is 0 Å². The fourth-order valence-electron chi connectivity index (χ4n) is 2.56. The highest BCUT2D eigenvalue weighted by Gasteiger charge is 2.13. The lowest BCUT2D eigenvalue weighted by molar-refractivity contribution is 0.590. The van der Waals surface area contributed by atoms with Crippen LogP contribution in [0.1, 0.15) is 26.3 Å². The van der Waals surface area contributed by atoms with Crippen LogP contribution in [0.3, 0.4) is 0 Å². The standard InChI is InChI=1S/C22H22S/c1-22(2,3)18-13-15-19(16-14-18)23-21-12-8-7-11-20(21)17-9-5-4-6-10-17/h4-16H,1-3H3. The third-order valence-corrected chi connectivity index (χ3v) is 5.00. The monoisotopic (exact) mass is 318 g/mol. The molecule has 3 aromatic carbocycles. The molecular weight excluding hydrogens is 296 g/mol. The lowest BCUT2D eigenvalue weighted by Gasteiger charge is -2.19. The predicted octanol–water partition coefficient (Wildman–Crippen LogP) is 6.80. The van der Waals surface area contributed by atoms with Gasteiger partial charge in [-0.2, -0.15) is 0 Å². The predicted molar refractivity (Wildman–Crippen MR) is 101 cm³/mol. The number of hydrogen-bond acceptors (Lipinski definition) is 1. The Morgan fingerprint density at radius 1 is 0.652 bits per heavy atom. The molecule has 3 rings (SSSR count). The Bertz CT molecular complexity index is 765. The second-order valence-electron chi connectivity index (χ2n) is 6.74. The topological polar surface area (TPSA) is 0 Å². The molecule has 3 aromatic rings. The minimum Gasteiger partial charge on any atom is -0.0895 e. The Labute approximate surface area is 143 Å². The largest absolute Gasteiger partial charge is 0.0895 e. The molecule has 0 N–H and O–H groups in total. The fraction of sp³-hybridized carbons (Fsp3) is 0.182. The molecule has 0 aromatic heterocycles. The van der Waals surface area contributed by atoms with Gasteiger partial charge in [-0.1, -0.05) is 93.2 Å². The first kappa shape index (κ1) is 15.9. The van der Waals surface area contributed by atoms with Crippen molar-refractivity contribution in [3.8, 4) is 11.1 Å². The van der Waals surface area contributed by atoms with Crippen molar-refractivity contribution in [2.75, 3.05) is 0 Å². The maximum absolute atomic E-state index is 2.25. The molecule has 1 heteroatoms. The van der Waals surface area contributed by atoms with Gasteiger partial charge in [-0.05, 0) is 40.3 Å². The van der Waals surface area contributed by atoms with E-state index in [2.05, 4.69) is 99.6 Å². The van der Waals surface area contributed by atoms with Crippen LogP contribution < -0.4 is 0 Å².